The molecule has 0 spiro atoms. The van der Waals surface area contributed by atoms with Crippen LogP contribution >= 0.6 is 0 Å². The molecule has 0 saturated carbocycles. The van der Waals surface area contributed by atoms with E-state index in [1.54, 1.807) is 0 Å². The predicted octanol–water partition coefficient (Wildman–Crippen LogP) is 2.70. The highest BCUT2D eigenvalue weighted by Gasteiger charge is 2.07. The number of hydrogen-bond donors (Lipinski definition) is 1. The van der Waals surface area contributed by atoms with Crippen LogP contribution in [0.5, 0.6) is 0 Å². The van der Waals surface area contributed by atoms with Crippen LogP contribution in [0.1, 0.15) is 32.8 Å². The van der Waals surface area contributed by atoms with Gasteiger partial charge in [0, 0.05) is 31.9 Å². The number of anilines is 1. The molecular weight excluding hydrogens is 234 g/mol. The Hall–Kier alpha value is -1.06. The van der Waals surface area contributed by atoms with Crippen molar-refractivity contribution in [3.05, 3.63) is 29.8 Å². The first-order valence-electron chi connectivity index (χ1n) is 7.51. The molecule has 1 aromatic rings. The second-order valence-corrected chi connectivity index (χ2v) is 4.88. The van der Waals surface area contributed by atoms with Crippen LogP contribution in [-0.2, 0) is 6.54 Å². The molecule has 0 heterocycles. The van der Waals surface area contributed by atoms with E-state index in [2.05, 4.69) is 54.8 Å². The van der Waals surface area contributed by atoms with Crippen molar-refractivity contribution in [1.29, 1.82) is 0 Å². The van der Waals surface area contributed by atoms with Gasteiger partial charge in [-0.15, -0.1) is 0 Å². The van der Waals surface area contributed by atoms with Gasteiger partial charge in [0.25, 0.3) is 0 Å². The molecule has 3 heteroatoms. The molecule has 0 unspecified atom stereocenters. The van der Waals surface area contributed by atoms with Crippen molar-refractivity contribution in [2.24, 2.45) is 5.73 Å². The maximum atomic E-state index is 5.65. The van der Waals surface area contributed by atoms with Crippen LogP contribution in [-0.4, -0.2) is 37.6 Å². The molecule has 0 aliphatic carbocycles. The van der Waals surface area contributed by atoms with E-state index in [9.17, 15) is 0 Å². The topological polar surface area (TPSA) is 32.5 Å². The Kier molecular flexibility index (Phi) is 7.53. The number of likely N-dealkylation sites (N-methyl/N-ethyl adjacent to an activating group) is 1. The first kappa shape index (κ1) is 16.0. The van der Waals surface area contributed by atoms with Gasteiger partial charge in [-0.05, 0) is 37.2 Å². The quantitative estimate of drug-likeness (QED) is 0.743. The molecule has 0 aliphatic rings. The molecular formula is C16H29N3. The van der Waals surface area contributed by atoms with E-state index >= 15 is 0 Å². The Bertz CT molecular complexity index is 330. The fourth-order valence-corrected chi connectivity index (χ4v) is 2.28. The van der Waals surface area contributed by atoms with Gasteiger partial charge in [0.15, 0.2) is 0 Å². The van der Waals surface area contributed by atoms with E-state index in [1.807, 2.05) is 0 Å². The average molecular weight is 263 g/mol. The molecule has 1 rings (SSSR count). The molecule has 0 atom stereocenters. The Morgan fingerprint density at radius 2 is 1.53 bits per heavy atom. The Balaban J connectivity index is 2.64. The van der Waals surface area contributed by atoms with Gasteiger partial charge in [-0.25, -0.2) is 0 Å². The summed E-state index contributed by atoms with van der Waals surface area (Å²) in [5.74, 6) is 0. The number of hydrogen-bond acceptors (Lipinski definition) is 3. The summed E-state index contributed by atoms with van der Waals surface area (Å²) in [5.41, 5.74) is 8.16. The standard InChI is InChI=1S/C16H29N3/c1-4-11-19(13-12-18(5-2)6-3)16-9-7-15(14-17)8-10-16/h7-10H,4-6,11-14,17H2,1-3H3. The van der Waals surface area contributed by atoms with E-state index in [1.165, 1.54) is 17.7 Å². The molecule has 0 aromatic heterocycles. The summed E-state index contributed by atoms with van der Waals surface area (Å²) in [5, 5.41) is 0. The van der Waals surface area contributed by atoms with Gasteiger partial charge < -0.3 is 15.5 Å². The van der Waals surface area contributed by atoms with Crippen molar-refractivity contribution >= 4 is 5.69 Å². The third kappa shape index (κ3) is 5.21. The van der Waals surface area contributed by atoms with Crippen LogP contribution in [0.4, 0.5) is 5.69 Å². The molecule has 19 heavy (non-hydrogen) atoms. The smallest absolute Gasteiger partial charge is 0.0366 e. The van der Waals surface area contributed by atoms with E-state index in [4.69, 9.17) is 5.73 Å². The molecule has 3 nitrogen and oxygen atoms in total. The molecule has 0 aliphatic heterocycles. The number of benzene rings is 1. The van der Waals surface area contributed by atoms with Crippen LogP contribution in [0.25, 0.3) is 0 Å². The van der Waals surface area contributed by atoms with Gasteiger partial charge in [-0.2, -0.15) is 0 Å². The van der Waals surface area contributed by atoms with Gasteiger partial charge >= 0.3 is 0 Å². The monoisotopic (exact) mass is 263 g/mol. The SMILES string of the molecule is CCCN(CCN(CC)CC)c1ccc(CN)cc1. The van der Waals surface area contributed by atoms with Gasteiger partial charge in [-0.1, -0.05) is 32.9 Å². The van der Waals surface area contributed by atoms with Crippen molar-refractivity contribution in [2.45, 2.75) is 33.7 Å². The van der Waals surface area contributed by atoms with E-state index in [-0.39, 0.29) is 0 Å². The highest BCUT2D eigenvalue weighted by Crippen LogP contribution is 2.15. The Morgan fingerprint density at radius 3 is 2.00 bits per heavy atom. The zero-order valence-corrected chi connectivity index (χ0v) is 12.7. The van der Waals surface area contributed by atoms with Crippen LogP contribution in [0.15, 0.2) is 24.3 Å². The fourth-order valence-electron chi connectivity index (χ4n) is 2.28. The summed E-state index contributed by atoms with van der Waals surface area (Å²) in [4.78, 5) is 4.94. The number of rotatable bonds is 9. The lowest BCUT2D eigenvalue weighted by Crippen LogP contribution is -2.35. The largest absolute Gasteiger partial charge is 0.370 e. The van der Waals surface area contributed by atoms with Crippen LogP contribution in [0.2, 0.25) is 0 Å². The molecule has 2 N–H and O–H groups in total. The number of nitrogens with zero attached hydrogens (tertiary/aromatic N) is 2. The Labute approximate surface area is 118 Å². The summed E-state index contributed by atoms with van der Waals surface area (Å²) in [6.07, 6.45) is 1.18. The van der Waals surface area contributed by atoms with Gasteiger partial charge in [0.1, 0.15) is 0 Å². The average Bonchev–Trinajstić information content (AvgIpc) is 2.47. The normalized spacial score (nSPS) is 11.0. The highest BCUT2D eigenvalue weighted by atomic mass is 15.2. The van der Waals surface area contributed by atoms with E-state index in [0.29, 0.717) is 6.54 Å². The van der Waals surface area contributed by atoms with E-state index in [0.717, 1.165) is 32.7 Å². The molecule has 1 aromatic carbocycles. The van der Waals surface area contributed by atoms with Crippen molar-refractivity contribution in [1.82, 2.24) is 4.90 Å². The summed E-state index contributed by atoms with van der Waals surface area (Å²) < 4.78 is 0. The third-order valence-electron chi connectivity index (χ3n) is 3.61. The first-order chi connectivity index (χ1) is 9.24. The zero-order chi connectivity index (χ0) is 14.1. The van der Waals surface area contributed by atoms with E-state index < -0.39 is 0 Å². The van der Waals surface area contributed by atoms with Gasteiger partial charge in [0.05, 0.1) is 0 Å². The summed E-state index contributed by atoms with van der Waals surface area (Å²) in [6.45, 7) is 12.9. The maximum absolute atomic E-state index is 5.65. The summed E-state index contributed by atoms with van der Waals surface area (Å²) in [6, 6.07) is 8.66. The first-order valence-corrected chi connectivity index (χ1v) is 7.51. The molecule has 0 saturated heterocycles. The van der Waals surface area contributed by atoms with Gasteiger partial charge in [-0.3, -0.25) is 0 Å². The van der Waals surface area contributed by atoms with Crippen LogP contribution < -0.4 is 10.6 Å². The lowest BCUT2D eigenvalue weighted by atomic mass is 10.2. The fraction of sp³-hybridized carbons (Fsp3) is 0.625. The van der Waals surface area contributed by atoms with Crippen molar-refractivity contribution in [3.8, 4) is 0 Å². The minimum absolute atomic E-state index is 0.619. The molecule has 0 fully saturated rings. The maximum Gasteiger partial charge on any atom is 0.0366 e. The van der Waals surface area contributed by atoms with Crippen LogP contribution in [0, 0.1) is 0 Å². The highest BCUT2D eigenvalue weighted by molar-refractivity contribution is 5.47. The molecule has 0 radical (unpaired) electrons. The predicted molar refractivity (Wildman–Crippen MR) is 84.6 cm³/mol. The lowest BCUT2D eigenvalue weighted by molar-refractivity contribution is 0.309. The van der Waals surface area contributed by atoms with Crippen molar-refractivity contribution < 1.29 is 0 Å². The minimum Gasteiger partial charge on any atom is -0.370 e. The van der Waals surface area contributed by atoms with Crippen molar-refractivity contribution in [2.75, 3.05) is 37.6 Å². The second-order valence-electron chi connectivity index (χ2n) is 4.88. The lowest BCUT2D eigenvalue weighted by Gasteiger charge is -2.28. The summed E-state index contributed by atoms with van der Waals surface area (Å²) in [7, 11) is 0. The molecule has 0 bridgehead atoms. The summed E-state index contributed by atoms with van der Waals surface area (Å²) >= 11 is 0. The van der Waals surface area contributed by atoms with Crippen molar-refractivity contribution in [3.63, 3.8) is 0 Å². The third-order valence-corrected chi connectivity index (χ3v) is 3.61. The minimum atomic E-state index is 0.619. The second kappa shape index (κ2) is 8.94. The zero-order valence-electron chi connectivity index (χ0n) is 12.7. The van der Waals surface area contributed by atoms with Gasteiger partial charge in [0.2, 0.25) is 0 Å². The molecule has 108 valence electrons. The Morgan fingerprint density at radius 1 is 0.895 bits per heavy atom. The number of nitrogens with two attached hydrogens (primary N) is 1. The molecule has 0 amide bonds. The van der Waals surface area contributed by atoms with Crippen LogP contribution in [0.3, 0.4) is 0 Å².